The van der Waals surface area contributed by atoms with Crippen molar-refractivity contribution in [3.8, 4) is 0 Å². The van der Waals surface area contributed by atoms with Crippen molar-refractivity contribution in [1.29, 1.82) is 0 Å². The predicted molar refractivity (Wildman–Crippen MR) is 62.4 cm³/mol. The normalized spacial score (nSPS) is 17.1. The van der Waals surface area contributed by atoms with Gasteiger partial charge in [-0.05, 0) is 31.1 Å². The summed E-state index contributed by atoms with van der Waals surface area (Å²) in [4.78, 5) is 0. The van der Waals surface area contributed by atoms with Crippen LogP contribution in [0, 0.1) is 11.3 Å². The van der Waals surface area contributed by atoms with Crippen molar-refractivity contribution in [1.82, 2.24) is 0 Å². The molecule has 2 atom stereocenters. The van der Waals surface area contributed by atoms with E-state index in [9.17, 15) is 0 Å². The average molecular weight is 205 g/mol. The van der Waals surface area contributed by atoms with Crippen LogP contribution in [-0.2, 0) is 0 Å². The Morgan fingerprint density at radius 2 is 1.69 bits per heavy atom. The van der Waals surface area contributed by atoms with E-state index in [-0.39, 0.29) is 0 Å². The second kappa shape index (κ2) is 5.90. The number of alkyl halides is 1. The van der Waals surface area contributed by atoms with Crippen molar-refractivity contribution in [2.75, 3.05) is 0 Å². The molecule has 0 aromatic carbocycles. The van der Waals surface area contributed by atoms with E-state index in [1.165, 1.54) is 19.3 Å². The third-order valence-corrected chi connectivity index (χ3v) is 2.67. The van der Waals surface area contributed by atoms with Crippen LogP contribution in [0.5, 0.6) is 0 Å². The van der Waals surface area contributed by atoms with Crippen molar-refractivity contribution in [2.24, 2.45) is 11.3 Å². The molecule has 0 aliphatic carbocycles. The van der Waals surface area contributed by atoms with E-state index in [4.69, 9.17) is 11.6 Å². The SMILES string of the molecule is CCCC(C)CC(C)(C)CC(C)Cl. The lowest BCUT2D eigenvalue weighted by Gasteiger charge is -2.29. The van der Waals surface area contributed by atoms with E-state index >= 15 is 0 Å². The molecule has 0 heterocycles. The molecule has 0 nitrogen and oxygen atoms in total. The van der Waals surface area contributed by atoms with Gasteiger partial charge < -0.3 is 0 Å². The maximum Gasteiger partial charge on any atom is 0.0312 e. The third-order valence-electron chi connectivity index (χ3n) is 2.52. The van der Waals surface area contributed by atoms with Gasteiger partial charge in [0.1, 0.15) is 0 Å². The summed E-state index contributed by atoms with van der Waals surface area (Å²) in [6, 6.07) is 0. The summed E-state index contributed by atoms with van der Waals surface area (Å²) in [5, 5.41) is 0.309. The van der Waals surface area contributed by atoms with Gasteiger partial charge in [0.25, 0.3) is 0 Å². The second-order valence-corrected chi connectivity index (χ2v) is 5.99. The molecule has 1 heteroatoms. The van der Waals surface area contributed by atoms with Crippen molar-refractivity contribution in [3.63, 3.8) is 0 Å². The van der Waals surface area contributed by atoms with E-state index in [1.807, 2.05) is 0 Å². The Balaban J connectivity index is 3.85. The molecule has 13 heavy (non-hydrogen) atoms. The topological polar surface area (TPSA) is 0 Å². The van der Waals surface area contributed by atoms with E-state index in [0.717, 1.165) is 12.3 Å². The smallest absolute Gasteiger partial charge is 0.0312 e. The van der Waals surface area contributed by atoms with Crippen LogP contribution < -0.4 is 0 Å². The van der Waals surface area contributed by atoms with Crippen molar-refractivity contribution >= 4 is 11.6 Å². The number of hydrogen-bond donors (Lipinski definition) is 0. The first-order valence-corrected chi connectivity index (χ1v) is 5.95. The Morgan fingerprint density at radius 3 is 2.08 bits per heavy atom. The molecule has 80 valence electrons. The van der Waals surface area contributed by atoms with Crippen molar-refractivity contribution in [2.45, 2.75) is 65.7 Å². The molecule has 0 fully saturated rings. The minimum atomic E-state index is 0.309. The summed E-state index contributed by atoms with van der Waals surface area (Å²) in [5.74, 6) is 0.843. The molecule has 0 aromatic rings. The van der Waals surface area contributed by atoms with Crippen LogP contribution in [0.1, 0.15) is 60.3 Å². The summed E-state index contributed by atoms with van der Waals surface area (Å²) in [6.07, 6.45) is 5.08. The minimum absolute atomic E-state index is 0.309. The fourth-order valence-corrected chi connectivity index (χ4v) is 2.80. The van der Waals surface area contributed by atoms with Crippen LogP contribution in [0.15, 0.2) is 0 Å². The Hall–Kier alpha value is 0.290. The molecule has 0 radical (unpaired) electrons. The van der Waals surface area contributed by atoms with Gasteiger partial charge in [0.15, 0.2) is 0 Å². The summed E-state index contributed by atoms with van der Waals surface area (Å²) < 4.78 is 0. The van der Waals surface area contributed by atoms with E-state index in [0.29, 0.717) is 10.8 Å². The summed E-state index contributed by atoms with van der Waals surface area (Å²) in [7, 11) is 0. The Labute approximate surface area is 89.1 Å². The molecule has 0 rings (SSSR count). The lowest BCUT2D eigenvalue weighted by molar-refractivity contribution is 0.248. The Kier molecular flexibility index (Phi) is 6.04. The van der Waals surface area contributed by atoms with Gasteiger partial charge in [-0.3, -0.25) is 0 Å². The standard InChI is InChI=1S/C12H25Cl/c1-6-7-10(2)8-12(4,5)9-11(3)13/h10-11H,6-9H2,1-5H3. The molecule has 0 N–H and O–H groups in total. The first-order valence-electron chi connectivity index (χ1n) is 5.51. The van der Waals surface area contributed by atoms with Gasteiger partial charge in [0.05, 0.1) is 0 Å². The Bertz CT molecular complexity index is 127. The van der Waals surface area contributed by atoms with Crippen LogP contribution in [0.3, 0.4) is 0 Å². The van der Waals surface area contributed by atoms with E-state index < -0.39 is 0 Å². The molecule has 2 unspecified atom stereocenters. The highest BCUT2D eigenvalue weighted by Crippen LogP contribution is 2.33. The quantitative estimate of drug-likeness (QED) is 0.543. The predicted octanol–water partition coefficient (Wildman–Crippen LogP) is 4.86. The van der Waals surface area contributed by atoms with Crippen LogP contribution >= 0.6 is 11.6 Å². The fraction of sp³-hybridized carbons (Fsp3) is 1.00. The molecule has 0 spiro atoms. The molecule has 0 aliphatic rings. The molecule has 0 amide bonds. The van der Waals surface area contributed by atoms with Crippen molar-refractivity contribution in [3.05, 3.63) is 0 Å². The van der Waals surface area contributed by atoms with Gasteiger partial charge in [-0.2, -0.15) is 0 Å². The lowest BCUT2D eigenvalue weighted by atomic mass is 9.78. The number of hydrogen-bond acceptors (Lipinski definition) is 0. The summed E-state index contributed by atoms with van der Waals surface area (Å²) >= 11 is 6.02. The fourth-order valence-electron chi connectivity index (χ4n) is 2.38. The highest BCUT2D eigenvalue weighted by Gasteiger charge is 2.22. The number of rotatable bonds is 6. The molecule has 0 aliphatic heterocycles. The van der Waals surface area contributed by atoms with Crippen LogP contribution in [0.4, 0.5) is 0 Å². The van der Waals surface area contributed by atoms with Gasteiger partial charge in [-0.1, -0.05) is 40.5 Å². The molecule has 0 aromatic heterocycles. The highest BCUT2D eigenvalue weighted by atomic mass is 35.5. The molecule has 0 saturated heterocycles. The van der Waals surface area contributed by atoms with Crippen LogP contribution in [-0.4, -0.2) is 5.38 Å². The molecular weight excluding hydrogens is 180 g/mol. The van der Waals surface area contributed by atoms with Gasteiger partial charge >= 0.3 is 0 Å². The molecular formula is C12H25Cl. The largest absolute Gasteiger partial charge is 0.123 e. The van der Waals surface area contributed by atoms with Gasteiger partial charge in [-0.15, -0.1) is 11.6 Å². The molecule has 0 saturated carbocycles. The van der Waals surface area contributed by atoms with Crippen LogP contribution in [0.25, 0.3) is 0 Å². The monoisotopic (exact) mass is 204 g/mol. The summed E-state index contributed by atoms with van der Waals surface area (Å²) in [5.41, 5.74) is 0.412. The zero-order valence-electron chi connectivity index (χ0n) is 9.86. The van der Waals surface area contributed by atoms with Crippen molar-refractivity contribution < 1.29 is 0 Å². The highest BCUT2D eigenvalue weighted by molar-refractivity contribution is 6.20. The minimum Gasteiger partial charge on any atom is -0.123 e. The van der Waals surface area contributed by atoms with Gasteiger partial charge in [-0.25, -0.2) is 0 Å². The van der Waals surface area contributed by atoms with Gasteiger partial charge in [0, 0.05) is 5.38 Å². The zero-order chi connectivity index (χ0) is 10.5. The maximum absolute atomic E-state index is 6.02. The van der Waals surface area contributed by atoms with E-state index in [2.05, 4.69) is 34.6 Å². The average Bonchev–Trinajstić information content (AvgIpc) is 1.81. The Morgan fingerprint density at radius 1 is 1.15 bits per heavy atom. The first kappa shape index (κ1) is 13.3. The lowest BCUT2D eigenvalue weighted by Crippen LogP contribution is -2.19. The maximum atomic E-state index is 6.02. The summed E-state index contributed by atoms with van der Waals surface area (Å²) in [6.45, 7) is 11.4. The third kappa shape index (κ3) is 7.37. The number of halogens is 1. The second-order valence-electron chi connectivity index (χ2n) is 5.25. The molecule has 0 bridgehead atoms. The van der Waals surface area contributed by atoms with E-state index in [1.54, 1.807) is 0 Å². The first-order chi connectivity index (χ1) is 5.87. The van der Waals surface area contributed by atoms with Crippen LogP contribution in [0.2, 0.25) is 0 Å². The van der Waals surface area contributed by atoms with Gasteiger partial charge in [0.2, 0.25) is 0 Å². The zero-order valence-corrected chi connectivity index (χ0v) is 10.6.